The highest BCUT2D eigenvalue weighted by Gasteiger charge is 2.33. The average molecular weight is 249 g/mol. The fraction of sp³-hybridized carbons (Fsp3) is 0.600. The van der Waals surface area contributed by atoms with Crippen molar-refractivity contribution in [2.45, 2.75) is 44.8 Å². The summed E-state index contributed by atoms with van der Waals surface area (Å²) in [5, 5.41) is 14.3. The molecule has 3 nitrogen and oxygen atoms in total. The molecule has 0 radical (unpaired) electrons. The van der Waals surface area contributed by atoms with E-state index in [1.54, 1.807) is 7.11 Å². The van der Waals surface area contributed by atoms with Gasteiger partial charge in [-0.05, 0) is 38.3 Å². The smallest absolute Gasteiger partial charge is 0.125 e. The molecule has 100 valence electrons. The molecule has 0 heterocycles. The van der Waals surface area contributed by atoms with E-state index < -0.39 is 5.60 Å². The van der Waals surface area contributed by atoms with Gasteiger partial charge in [0.25, 0.3) is 0 Å². The second-order valence-corrected chi connectivity index (χ2v) is 5.24. The van der Waals surface area contributed by atoms with Crippen LogP contribution in [0.15, 0.2) is 18.2 Å². The van der Waals surface area contributed by atoms with Gasteiger partial charge in [-0.25, -0.2) is 0 Å². The number of methoxy groups -OCH3 is 1. The Labute approximate surface area is 109 Å². The summed E-state index contributed by atoms with van der Waals surface area (Å²) in [6.45, 7) is 4.64. The Morgan fingerprint density at radius 1 is 1.44 bits per heavy atom. The maximum atomic E-state index is 10.9. The monoisotopic (exact) mass is 249 g/mol. The largest absolute Gasteiger partial charge is 0.496 e. The molecule has 0 aliphatic heterocycles. The third kappa shape index (κ3) is 2.85. The van der Waals surface area contributed by atoms with Gasteiger partial charge in [0.1, 0.15) is 11.4 Å². The van der Waals surface area contributed by atoms with Crippen LogP contribution in [0.2, 0.25) is 0 Å². The van der Waals surface area contributed by atoms with E-state index in [1.165, 1.54) is 12.8 Å². The number of benzene rings is 1. The Balaban J connectivity index is 2.25. The minimum atomic E-state index is -0.847. The zero-order chi connectivity index (χ0) is 13.2. The third-order valence-corrected chi connectivity index (χ3v) is 3.70. The summed E-state index contributed by atoms with van der Waals surface area (Å²) in [5.41, 5.74) is 1.18. The maximum absolute atomic E-state index is 10.9. The molecule has 0 amide bonds. The Morgan fingerprint density at radius 2 is 2.17 bits per heavy atom. The summed E-state index contributed by atoms with van der Waals surface area (Å²) >= 11 is 0. The number of aryl methyl sites for hydroxylation is 1. The van der Waals surface area contributed by atoms with Crippen molar-refractivity contribution in [2.24, 2.45) is 0 Å². The van der Waals surface area contributed by atoms with E-state index >= 15 is 0 Å². The van der Waals surface area contributed by atoms with E-state index in [-0.39, 0.29) is 0 Å². The molecule has 2 rings (SSSR count). The van der Waals surface area contributed by atoms with Crippen molar-refractivity contribution in [3.05, 3.63) is 29.3 Å². The lowest BCUT2D eigenvalue weighted by molar-refractivity contribution is 0.0299. The van der Waals surface area contributed by atoms with Gasteiger partial charge in [0, 0.05) is 18.2 Å². The van der Waals surface area contributed by atoms with Gasteiger partial charge in [-0.2, -0.15) is 0 Å². The first-order valence-electron chi connectivity index (χ1n) is 6.70. The molecule has 1 aromatic carbocycles. The summed E-state index contributed by atoms with van der Waals surface area (Å²) in [4.78, 5) is 0. The maximum Gasteiger partial charge on any atom is 0.125 e. The molecule has 1 fully saturated rings. The zero-order valence-electron chi connectivity index (χ0n) is 11.5. The van der Waals surface area contributed by atoms with Crippen LogP contribution >= 0.6 is 0 Å². The highest BCUT2D eigenvalue weighted by molar-refractivity contribution is 5.41. The topological polar surface area (TPSA) is 41.5 Å². The van der Waals surface area contributed by atoms with Gasteiger partial charge in [0.2, 0.25) is 0 Å². The van der Waals surface area contributed by atoms with Gasteiger partial charge < -0.3 is 15.2 Å². The summed E-state index contributed by atoms with van der Waals surface area (Å²) in [7, 11) is 1.65. The van der Waals surface area contributed by atoms with Crippen LogP contribution in [0.5, 0.6) is 5.75 Å². The van der Waals surface area contributed by atoms with Gasteiger partial charge in [-0.3, -0.25) is 0 Å². The summed E-state index contributed by atoms with van der Waals surface area (Å²) in [5.74, 6) is 0.766. The van der Waals surface area contributed by atoms with E-state index in [4.69, 9.17) is 4.74 Å². The number of rotatable bonds is 6. The highest BCUT2D eigenvalue weighted by atomic mass is 16.5. The molecule has 0 spiro atoms. The van der Waals surface area contributed by atoms with Crippen LogP contribution in [0.25, 0.3) is 0 Å². The van der Waals surface area contributed by atoms with Crippen LogP contribution in [-0.4, -0.2) is 24.8 Å². The fourth-order valence-corrected chi connectivity index (χ4v) is 2.20. The third-order valence-electron chi connectivity index (χ3n) is 3.70. The minimum absolute atomic E-state index is 0.591. The predicted molar refractivity (Wildman–Crippen MR) is 72.9 cm³/mol. The van der Waals surface area contributed by atoms with Crippen molar-refractivity contribution >= 4 is 0 Å². The highest BCUT2D eigenvalue weighted by Crippen LogP contribution is 2.34. The Morgan fingerprint density at radius 3 is 2.72 bits per heavy atom. The Bertz CT molecular complexity index is 415. The lowest BCUT2D eigenvalue weighted by atomic mass is 9.89. The molecule has 0 saturated heterocycles. The summed E-state index contributed by atoms with van der Waals surface area (Å²) in [6, 6.07) is 6.56. The summed E-state index contributed by atoms with van der Waals surface area (Å²) in [6.07, 6.45) is 3.13. The SMILES string of the molecule is CCC(O)(CNC1CC1)c1cc(C)ccc1OC. The quantitative estimate of drug-likeness (QED) is 0.813. The van der Waals surface area contributed by atoms with Crippen LogP contribution in [0.4, 0.5) is 0 Å². The van der Waals surface area contributed by atoms with Crippen molar-refractivity contribution in [3.8, 4) is 5.75 Å². The first-order valence-corrected chi connectivity index (χ1v) is 6.70. The average Bonchev–Trinajstić information content (AvgIpc) is 3.20. The molecule has 1 aliphatic rings. The van der Waals surface area contributed by atoms with Gasteiger partial charge in [0.15, 0.2) is 0 Å². The van der Waals surface area contributed by atoms with Crippen LogP contribution in [0.1, 0.15) is 37.3 Å². The van der Waals surface area contributed by atoms with Crippen molar-refractivity contribution in [3.63, 3.8) is 0 Å². The fourth-order valence-electron chi connectivity index (χ4n) is 2.20. The number of aliphatic hydroxyl groups is 1. The number of hydrogen-bond acceptors (Lipinski definition) is 3. The second-order valence-electron chi connectivity index (χ2n) is 5.24. The first kappa shape index (κ1) is 13.4. The molecule has 1 saturated carbocycles. The van der Waals surface area contributed by atoms with E-state index in [2.05, 4.69) is 5.32 Å². The Kier molecular flexibility index (Phi) is 3.93. The van der Waals surface area contributed by atoms with Crippen molar-refractivity contribution in [1.82, 2.24) is 5.32 Å². The van der Waals surface area contributed by atoms with Gasteiger partial charge in [0.05, 0.1) is 7.11 Å². The van der Waals surface area contributed by atoms with Gasteiger partial charge >= 0.3 is 0 Å². The lowest BCUT2D eigenvalue weighted by Gasteiger charge is -2.29. The van der Waals surface area contributed by atoms with Gasteiger partial charge in [-0.1, -0.05) is 18.6 Å². The molecule has 1 aliphatic carbocycles. The number of hydrogen-bond donors (Lipinski definition) is 2. The molecular formula is C15H23NO2. The van der Waals surface area contributed by atoms with Crippen molar-refractivity contribution in [2.75, 3.05) is 13.7 Å². The van der Waals surface area contributed by atoms with Gasteiger partial charge in [-0.15, -0.1) is 0 Å². The van der Waals surface area contributed by atoms with E-state index in [9.17, 15) is 5.11 Å². The Hall–Kier alpha value is -1.06. The predicted octanol–water partition coefficient (Wildman–Crippen LogP) is 2.35. The van der Waals surface area contributed by atoms with Crippen LogP contribution < -0.4 is 10.1 Å². The lowest BCUT2D eigenvalue weighted by Crippen LogP contribution is -2.39. The van der Waals surface area contributed by atoms with E-state index in [1.807, 2.05) is 32.0 Å². The van der Waals surface area contributed by atoms with Crippen molar-refractivity contribution < 1.29 is 9.84 Å². The van der Waals surface area contributed by atoms with Crippen LogP contribution in [0, 0.1) is 6.92 Å². The molecule has 18 heavy (non-hydrogen) atoms. The minimum Gasteiger partial charge on any atom is -0.496 e. The molecule has 3 heteroatoms. The first-order chi connectivity index (χ1) is 8.59. The zero-order valence-corrected chi connectivity index (χ0v) is 11.5. The molecular weight excluding hydrogens is 226 g/mol. The van der Waals surface area contributed by atoms with E-state index in [0.29, 0.717) is 19.0 Å². The van der Waals surface area contributed by atoms with Crippen LogP contribution in [0.3, 0.4) is 0 Å². The summed E-state index contributed by atoms with van der Waals surface area (Å²) < 4.78 is 5.38. The molecule has 0 bridgehead atoms. The van der Waals surface area contributed by atoms with Crippen molar-refractivity contribution in [1.29, 1.82) is 0 Å². The molecule has 2 N–H and O–H groups in total. The second kappa shape index (κ2) is 5.29. The van der Waals surface area contributed by atoms with Crippen LogP contribution in [-0.2, 0) is 5.60 Å². The molecule has 1 unspecified atom stereocenters. The number of nitrogens with one attached hydrogen (secondary N) is 1. The molecule has 1 aromatic rings. The standard InChI is InChI=1S/C15H23NO2/c1-4-15(17,10-16-12-6-7-12)13-9-11(2)5-8-14(13)18-3/h5,8-9,12,16-17H,4,6-7,10H2,1-3H3. The number of ether oxygens (including phenoxy) is 1. The molecule has 1 atom stereocenters. The normalized spacial score (nSPS) is 18.4. The molecule has 0 aromatic heterocycles. The van der Waals surface area contributed by atoms with E-state index in [0.717, 1.165) is 16.9 Å².